The fraction of sp³-hybridized carbons (Fsp3) is 0.500. The molecule has 41 heavy (non-hydrogen) atoms. The molecule has 1 aromatic carbocycles. The van der Waals surface area contributed by atoms with E-state index in [0.29, 0.717) is 24.9 Å². The molecule has 0 unspecified atom stereocenters. The molecule has 3 rings (SSSR count). The number of rotatable bonds is 13. The number of carbonyl (C=O) groups excluding carboxylic acids is 3. The van der Waals surface area contributed by atoms with E-state index in [1.54, 1.807) is 36.7 Å². The molecule has 0 spiro atoms. The largest absolute Gasteiger partial charge is 0.508 e. The highest BCUT2D eigenvalue weighted by molar-refractivity contribution is 5.94. The molecular weight excluding hydrogens is 526 g/mol. The Kier molecular flexibility index (Phi) is 11.2. The van der Waals surface area contributed by atoms with Crippen LogP contribution in [-0.2, 0) is 32.0 Å². The van der Waals surface area contributed by atoms with Crippen LogP contribution in [0.1, 0.15) is 57.6 Å². The number of nitrogens with zero attached hydrogens (tertiary/aromatic N) is 1. The molecule has 1 aliphatic heterocycles. The number of amides is 3. The number of hydrogen-bond acceptors (Lipinski definition) is 7. The molecule has 2 heterocycles. The molecular formula is C30H41N5O6. The van der Waals surface area contributed by atoms with Crippen molar-refractivity contribution in [2.45, 2.75) is 83.5 Å². The van der Waals surface area contributed by atoms with Gasteiger partial charge in [0, 0.05) is 25.2 Å². The molecule has 4 atom stereocenters. The maximum absolute atomic E-state index is 13.6. The van der Waals surface area contributed by atoms with Gasteiger partial charge in [0.15, 0.2) is 0 Å². The zero-order valence-electron chi connectivity index (χ0n) is 23.9. The first-order chi connectivity index (χ1) is 19.4. The van der Waals surface area contributed by atoms with Gasteiger partial charge >= 0.3 is 5.97 Å². The summed E-state index contributed by atoms with van der Waals surface area (Å²) in [6, 6.07) is 6.06. The molecule has 0 saturated carbocycles. The Labute approximate surface area is 240 Å². The first kappa shape index (κ1) is 31.5. The van der Waals surface area contributed by atoms with E-state index in [1.807, 2.05) is 20.8 Å². The number of carboxylic acids is 1. The second-order valence-corrected chi connectivity index (χ2v) is 11.7. The van der Waals surface area contributed by atoms with Crippen LogP contribution < -0.4 is 21.3 Å². The zero-order chi connectivity index (χ0) is 30.0. The van der Waals surface area contributed by atoms with Crippen LogP contribution in [0.15, 0.2) is 48.8 Å². The standard InChI is InChI=1S/C30H41N5O6/c1-30(2,3)13-10-23(29(40)41)33-27(38)25(18-20-11-15-31-16-12-20)35-28(39)24(17-19-6-8-21(36)9-7-19)34-26(37)22-5-4-14-32-22/h6-9,11-12,15-16,22-25,32,36H,4-5,10,13-14,17-18H2,1-3H3,(H,33,38)(H,34,37)(H,35,39)(H,40,41)/t22-,23-,24-,25-/m0/s1. The minimum atomic E-state index is -1.15. The number of aliphatic carboxylic acids is 1. The fourth-order valence-corrected chi connectivity index (χ4v) is 4.60. The average molecular weight is 568 g/mol. The van der Waals surface area contributed by atoms with Gasteiger partial charge in [-0.2, -0.15) is 0 Å². The predicted octanol–water partition coefficient (Wildman–Crippen LogP) is 1.69. The lowest BCUT2D eigenvalue weighted by Crippen LogP contribution is -2.58. The van der Waals surface area contributed by atoms with Crippen LogP contribution >= 0.6 is 0 Å². The van der Waals surface area contributed by atoms with Crippen molar-refractivity contribution in [3.05, 3.63) is 59.9 Å². The Bertz CT molecular complexity index is 1180. The van der Waals surface area contributed by atoms with E-state index in [-0.39, 0.29) is 36.3 Å². The van der Waals surface area contributed by atoms with Crippen LogP contribution in [0, 0.1) is 5.41 Å². The third-order valence-corrected chi connectivity index (χ3v) is 7.01. The van der Waals surface area contributed by atoms with Gasteiger partial charge in [-0.25, -0.2) is 4.79 Å². The summed E-state index contributed by atoms with van der Waals surface area (Å²) < 4.78 is 0. The molecule has 3 amide bonds. The summed E-state index contributed by atoms with van der Waals surface area (Å²) in [6.45, 7) is 6.68. The van der Waals surface area contributed by atoms with Gasteiger partial charge in [-0.15, -0.1) is 0 Å². The van der Waals surface area contributed by atoms with Gasteiger partial charge < -0.3 is 31.5 Å². The summed E-state index contributed by atoms with van der Waals surface area (Å²) in [5.41, 5.74) is 1.29. The molecule has 11 heteroatoms. The van der Waals surface area contributed by atoms with Gasteiger partial charge in [0.1, 0.15) is 23.9 Å². The minimum absolute atomic E-state index is 0.0717. The van der Waals surface area contributed by atoms with Gasteiger partial charge in [-0.05, 0) is 73.0 Å². The Morgan fingerprint density at radius 3 is 2.00 bits per heavy atom. The van der Waals surface area contributed by atoms with Crippen molar-refractivity contribution in [3.8, 4) is 5.75 Å². The summed E-state index contributed by atoms with van der Waals surface area (Å²) in [5, 5.41) is 30.7. The minimum Gasteiger partial charge on any atom is -0.508 e. The number of benzene rings is 1. The quantitative estimate of drug-likeness (QED) is 0.212. The first-order valence-electron chi connectivity index (χ1n) is 14.0. The van der Waals surface area contributed by atoms with Crippen molar-refractivity contribution in [2.75, 3.05) is 6.54 Å². The van der Waals surface area contributed by atoms with Crippen molar-refractivity contribution in [1.29, 1.82) is 0 Å². The average Bonchev–Trinajstić information content (AvgIpc) is 3.46. The highest BCUT2D eigenvalue weighted by Gasteiger charge is 2.32. The van der Waals surface area contributed by atoms with Gasteiger partial charge in [0.25, 0.3) is 0 Å². The van der Waals surface area contributed by atoms with Crippen LogP contribution in [0.4, 0.5) is 0 Å². The number of carboxylic acid groups (broad SMARTS) is 1. The van der Waals surface area contributed by atoms with Crippen LogP contribution in [0.2, 0.25) is 0 Å². The topological polar surface area (TPSA) is 170 Å². The van der Waals surface area contributed by atoms with E-state index in [0.717, 1.165) is 12.0 Å². The summed E-state index contributed by atoms with van der Waals surface area (Å²) in [6.07, 6.45) is 5.65. The van der Waals surface area contributed by atoms with Crippen LogP contribution in [0.25, 0.3) is 0 Å². The second-order valence-electron chi connectivity index (χ2n) is 11.7. The third kappa shape index (κ3) is 10.5. The fourth-order valence-electron chi connectivity index (χ4n) is 4.60. The predicted molar refractivity (Wildman–Crippen MR) is 153 cm³/mol. The number of nitrogens with one attached hydrogen (secondary N) is 4. The molecule has 1 fully saturated rings. The van der Waals surface area contributed by atoms with Gasteiger partial charge in [-0.3, -0.25) is 19.4 Å². The lowest BCUT2D eigenvalue weighted by molar-refractivity contribution is -0.142. The number of pyridine rings is 1. The van der Waals surface area contributed by atoms with Crippen molar-refractivity contribution < 1.29 is 29.4 Å². The Morgan fingerprint density at radius 1 is 0.902 bits per heavy atom. The van der Waals surface area contributed by atoms with Gasteiger partial charge in [-0.1, -0.05) is 32.9 Å². The van der Waals surface area contributed by atoms with Crippen molar-refractivity contribution in [2.24, 2.45) is 5.41 Å². The Morgan fingerprint density at radius 2 is 1.46 bits per heavy atom. The summed E-state index contributed by atoms with van der Waals surface area (Å²) in [4.78, 5) is 56.0. The molecule has 6 N–H and O–H groups in total. The zero-order valence-corrected chi connectivity index (χ0v) is 23.9. The third-order valence-electron chi connectivity index (χ3n) is 7.01. The van der Waals surface area contributed by atoms with Gasteiger partial charge in [0.05, 0.1) is 6.04 Å². The molecule has 1 aliphatic rings. The number of carbonyl (C=O) groups is 4. The highest BCUT2D eigenvalue weighted by atomic mass is 16.4. The first-order valence-corrected chi connectivity index (χ1v) is 14.0. The van der Waals surface area contributed by atoms with E-state index in [4.69, 9.17) is 0 Å². The van der Waals surface area contributed by atoms with Crippen molar-refractivity contribution in [1.82, 2.24) is 26.3 Å². The molecule has 222 valence electrons. The number of aromatic nitrogens is 1. The number of phenolic OH excluding ortho intramolecular Hbond substituents is 1. The van der Waals surface area contributed by atoms with E-state index in [9.17, 15) is 29.4 Å². The lowest BCUT2D eigenvalue weighted by atomic mass is 9.88. The molecule has 0 bridgehead atoms. The monoisotopic (exact) mass is 567 g/mol. The second kappa shape index (κ2) is 14.6. The summed E-state index contributed by atoms with van der Waals surface area (Å²) in [7, 11) is 0. The van der Waals surface area contributed by atoms with E-state index in [2.05, 4.69) is 26.3 Å². The molecule has 2 aromatic rings. The summed E-state index contributed by atoms with van der Waals surface area (Å²) >= 11 is 0. The van der Waals surface area contributed by atoms with E-state index < -0.39 is 42.0 Å². The number of hydrogen-bond donors (Lipinski definition) is 6. The number of aromatic hydroxyl groups is 1. The molecule has 1 saturated heterocycles. The van der Waals surface area contributed by atoms with E-state index >= 15 is 0 Å². The van der Waals surface area contributed by atoms with Gasteiger partial charge in [0.2, 0.25) is 17.7 Å². The Hall–Kier alpha value is -3.99. The van der Waals surface area contributed by atoms with Crippen LogP contribution in [0.5, 0.6) is 5.75 Å². The normalized spacial score (nSPS) is 17.2. The van der Waals surface area contributed by atoms with Crippen molar-refractivity contribution >= 4 is 23.7 Å². The van der Waals surface area contributed by atoms with Crippen molar-refractivity contribution in [3.63, 3.8) is 0 Å². The maximum Gasteiger partial charge on any atom is 0.326 e. The summed E-state index contributed by atoms with van der Waals surface area (Å²) in [5.74, 6) is -2.62. The maximum atomic E-state index is 13.6. The molecule has 0 aliphatic carbocycles. The molecule has 0 radical (unpaired) electrons. The highest BCUT2D eigenvalue weighted by Crippen LogP contribution is 2.22. The van der Waals surface area contributed by atoms with Crippen LogP contribution in [-0.4, -0.2) is 69.6 Å². The lowest BCUT2D eigenvalue weighted by Gasteiger charge is -2.26. The molecule has 1 aromatic heterocycles. The Balaban J connectivity index is 1.81. The van der Waals surface area contributed by atoms with E-state index in [1.165, 1.54) is 12.1 Å². The SMILES string of the molecule is CC(C)(C)CC[C@H](NC(=O)[C@H](Cc1ccncc1)NC(=O)[C@H](Cc1ccc(O)cc1)NC(=O)[C@@H]1CCCN1)C(=O)O. The molecule has 11 nitrogen and oxygen atoms in total. The van der Waals surface area contributed by atoms with Crippen LogP contribution in [0.3, 0.4) is 0 Å². The smallest absolute Gasteiger partial charge is 0.326 e. The number of phenols is 1.